The average Bonchev–Trinajstić information content (AvgIpc) is 2.57. The van der Waals surface area contributed by atoms with Crippen LogP contribution in [0, 0.1) is 13.8 Å². The molecule has 0 atom stereocenters. The van der Waals surface area contributed by atoms with Crippen LogP contribution in [0.5, 0.6) is 0 Å². The minimum absolute atomic E-state index is 0.0181. The number of hydrogen-bond acceptors (Lipinski definition) is 4. The van der Waals surface area contributed by atoms with Crippen molar-refractivity contribution in [2.75, 3.05) is 18.0 Å². The molecule has 0 spiro atoms. The summed E-state index contributed by atoms with van der Waals surface area (Å²) < 4.78 is 32.0. The number of halogens is 2. The molecule has 0 amide bonds. The molecular weight excluding hydrogens is 385 g/mol. The second-order valence-electron chi connectivity index (χ2n) is 5.38. The second kappa shape index (κ2) is 7.64. The maximum atomic E-state index is 13.2. The summed E-state index contributed by atoms with van der Waals surface area (Å²) in [6.07, 6.45) is 0. The Morgan fingerprint density at radius 2 is 1.84 bits per heavy atom. The summed E-state index contributed by atoms with van der Waals surface area (Å²) >= 11 is 12.0. The van der Waals surface area contributed by atoms with E-state index in [1.54, 1.807) is 19.1 Å². The highest BCUT2D eigenvalue weighted by Gasteiger charge is 2.30. The number of benzene rings is 2. The Bertz CT molecular complexity index is 913. The lowest BCUT2D eigenvalue weighted by Crippen LogP contribution is -2.37. The average molecular weight is 402 g/mol. The van der Waals surface area contributed by atoms with Gasteiger partial charge in [-0.05, 0) is 49.2 Å². The van der Waals surface area contributed by atoms with Gasteiger partial charge in [-0.25, -0.2) is 8.42 Å². The van der Waals surface area contributed by atoms with E-state index in [2.05, 4.69) is 4.74 Å². The Balaban J connectivity index is 2.68. The third-order valence-electron chi connectivity index (χ3n) is 3.81. The number of hydrogen-bond donors (Lipinski definition) is 0. The van der Waals surface area contributed by atoms with Gasteiger partial charge in [-0.3, -0.25) is 9.10 Å². The van der Waals surface area contributed by atoms with Gasteiger partial charge in [-0.15, -0.1) is 0 Å². The van der Waals surface area contributed by atoms with E-state index >= 15 is 0 Å². The molecule has 0 aliphatic carbocycles. The van der Waals surface area contributed by atoms with E-state index in [1.165, 1.54) is 25.3 Å². The molecule has 5 nitrogen and oxygen atoms in total. The summed E-state index contributed by atoms with van der Waals surface area (Å²) in [5.74, 6) is -0.692. The molecule has 2 aromatic carbocycles. The van der Waals surface area contributed by atoms with Gasteiger partial charge in [0.15, 0.2) is 0 Å². The minimum Gasteiger partial charge on any atom is -0.468 e. The highest BCUT2D eigenvalue weighted by Crippen LogP contribution is 2.32. The monoisotopic (exact) mass is 401 g/mol. The fraction of sp³-hybridized carbons (Fsp3) is 0.235. The van der Waals surface area contributed by atoms with Crippen molar-refractivity contribution < 1.29 is 17.9 Å². The van der Waals surface area contributed by atoms with Gasteiger partial charge in [0.2, 0.25) is 0 Å². The number of sulfonamides is 1. The summed E-state index contributed by atoms with van der Waals surface area (Å²) in [4.78, 5) is 11.7. The number of esters is 1. The first-order valence-corrected chi connectivity index (χ1v) is 9.49. The third kappa shape index (κ3) is 4.08. The van der Waals surface area contributed by atoms with Gasteiger partial charge in [0.05, 0.1) is 17.8 Å². The third-order valence-corrected chi connectivity index (χ3v) is 6.28. The topological polar surface area (TPSA) is 63.7 Å². The van der Waals surface area contributed by atoms with Crippen LogP contribution in [-0.4, -0.2) is 28.0 Å². The molecular formula is C17H17Cl2NO4S. The predicted molar refractivity (Wildman–Crippen MR) is 98.9 cm³/mol. The van der Waals surface area contributed by atoms with Crippen LogP contribution in [0.3, 0.4) is 0 Å². The molecule has 0 heterocycles. The number of ether oxygens (including phenoxy) is 1. The molecule has 2 rings (SSSR count). The van der Waals surface area contributed by atoms with Gasteiger partial charge in [-0.1, -0.05) is 35.3 Å². The van der Waals surface area contributed by atoms with Crippen LogP contribution in [0.1, 0.15) is 11.1 Å². The van der Waals surface area contributed by atoms with Crippen LogP contribution >= 0.6 is 23.2 Å². The van der Waals surface area contributed by atoms with Crippen LogP contribution in [0.15, 0.2) is 41.3 Å². The number of carbonyl (C=O) groups excluding carboxylic acids is 1. The smallest absolute Gasteiger partial charge is 0.326 e. The fourth-order valence-electron chi connectivity index (χ4n) is 2.28. The SMILES string of the molecule is COC(=O)CN(c1cccc(C)c1C)S(=O)(=O)c1cc(Cl)ccc1Cl. The zero-order valence-electron chi connectivity index (χ0n) is 13.9. The van der Waals surface area contributed by atoms with Gasteiger partial charge in [0.1, 0.15) is 11.4 Å². The van der Waals surface area contributed by atoms with Crippen molar-refractivity contribution in [3.63, 3.8) is 0 Å². The molecule has 0 aliphatic heterocycles. The zero-order chi connectivity index (χ0) is 18.8. The Kier molecular flexibility index (Phi) is 5.98. The Labute approximate surface area is 157 Å². The summed E-state index contributed by atoms with van der Waals surface area (Å²) in [7, 11) is -2.94. The zero-order valence-corrected chi connectivity index (χ0v) is 16.2. The lowest BCUT2D eigenvalue weighted by atomic mass is 10.1. The fourth-order valence-corrected chi connectivity index (χ4v) is 4.49. The Morgan fingerprint density at radius 1 is 1.16 bits per heavy atom. The van der Waals surface area contributed by atoms with E-state index in [1.807, 2.05) is 13.0 Å². The number of carbonyl (C=O) groups is 1. The summed E-state index contributed by atoms with van der Waals surface area (Å²) in [6.45, 7) is 3.16. The molecule has 0 N–H and O–H groups in total. The lowest BCUT2D eigenvalue weighted by Gasteiger charge is -2.26. The Morgan fingerprint density at radius 3 is 2.48 bits per heavy atom. The van der Waals surface area contributed by atoms with Crippen molar-refractivity contribution in [2.45, 2.75) is 18.7 Å². The molecule has 0 saturated heterocycles. The van der Waals surface area contributed by atoms with E-state index in [0.717, 1.165) is 15.4 Å². The number of rotatable bonds is 5. The quantitative estimate of drug-likeness (QED) is 0.710. The molecule has 25 heavy (non-hydrogen) atoms. The maximum absolute atomic E-state index is 13.2. The van der Waals surface area contributed by atoms with Crippen molar-refractivity contribution in [3.8, 4) is 0 Å². The van der Waals surface area contributed by atoms with Gasteiger partial charge in [0.25, 0.3) is 10.0 Å². The largest absolute Gasteiger partial charge is 0.468 e. The molecule has 0 fully saturated rings. The molecule has 0 saturated carbocycles. The highest BCUT2D eigenvalue weighted by atomic mass is 35.5. The molecule has 134 valence electrons. The van der Waals surface area contributed by atoms with E-state index < -0.39 is 22.5 Å². The van der Waals surface area contributed by atoms with Crippen molar-refractivity contribution in [1.82, 2.24) is 0 Å². The second-order valence-corrected chi connectivity index (χ2v) is 8.06. The number of aryl methyl sites for hydroxylation is 1. The van der Waals surface area contributed by atoms with Gasteiger partial charge in [0, 0.05) is 5.02 Å². The summed E-state index contributed by atoms with van der Waals surface area (Å²) in [5.41, 5.74) is 1.99. The van der Waals surface area contributed by atoms with Crippen LogP contribution in [0.25, 0.3) is 0 Å². The van der Waals surface area contributed by atoms with Crippen LogP contribution in [0.2, 0.25) is 10.0 Å². The molecule has 0 bridgehead atoms. The number of methoxy groups -OCH3 is 1. The van der Waals surface area contributed by atoms with E-state index in [-0.39, 0.29) is 14.9 Å². The van der Waals surface area contributed by atoms with Gasteiger partial charge >= 0.3 is 5.97 Å². The molecule has 0 aromatic heterocycles. The van der Waals surface area contributed by atoms with Crippen LogP contribution in [-0.2, 0) is 19.6 Å². The van der Waals surface area contributed by atoms with Crippen LogP contribution in [0.4, 0.5) is 5.69 Å². The van der Waals surface area contributed by atoms with E-state index in [9.17, 15) is 13.2 Å². The van der Waals surface area contributed by atoms with Crippen LogP contribution < -0.4 is 4.31 Å². The van der Waals surface area contributed by atoms with Gasteiger partial charge < -0.3 is 4.74 Å². The number of nitrogens with zero attached hydrogens (tertiary/aromatic N) is 1. The van der Waals surface area contributed by atoms with Crippen molar-refractivity contribution >= 4 is 44.9 Å². The van der Waals surface area contributed by atoms with E-state index in [4.69, 9.17) is 23.2 Å². The lowest BCUT2D eigenvalue weighted by molar-refractivity contribution is -0.138. The highest BCUT2D eigenvalue weighted by molar-refractivity contribution is 7.93. The molecule has 0 aliphatic rings. The maximum Gasteiger partial charge on any atom is 0.326 e. The molecule has 0 radical (unpaired) electrons. The Hall–Kier alpha value is -1.76. The minimum atomic E-state index is -4.14. The molecule has 0 unspecified atom stereocenters. The summed E-state index contributed by atoms with van der Waals surface area (Å²) in [5, 5.41) is 0.242. The molecule has 2 aromatic rings. The normalized spacial score (nSPS) is 11.2. The first-order chi connectivity index (χ1) is 11.7. The van der Waals surface area contributed by atoms with Gasteiger partial charge in [-0.2, -0.15) is 0 Å². The van der Waals surface area contributed by atoms with E-state index in [0.29, 0.717) is 5.69 Å². The van der Waals surface area contributed by atoms with Crippen molar-refractivity contribution in [2.24, 2.45) is 0 Å². The standard InChI is InChI=1S/C17H17Cl2NO4S/c1-11-5-4-6-15(12(11)2)20(10-17(21)24-3)25(22,23)16-9-13(18)7-8-14(16)19/h4-9H,10H2,1-3H3. The molecule has 8 heteroatoms. The first-order valence-electron chi connectivity index (χ1n) is 7.29. The number of anilines is 1. The van der Waals surface area contributed by atoms with Crippen molar-refractivity contribution in [3.05, 3.63) is 57.6 Å². The predicted octanol–water partition coefficient (Wildman–Crippen LogP) is 3.98. The summed E-state index contributed by atoms with van der Waals surface area (Å²) in [6, 6.07) is 9.35. The first kappa shape index (κ1) is 19.6. The van der Waals surface area contributed by atoms with Crippen molar-refractivity contribution in [1.29, 1.82) is 0 Å².